The summed E-state index contributed by atoms with van der Waals surface area (Å²) in [7, 11) is 1.64. The predicted molar refractivity (Wildman–Crippen MR) is 94.5 cm³/mol. The summed E-state index contributed by atoms with van der Waals surface area (Å²) >= 11 is 6.12. The number of hydrogen-bond donors (Lipinski definition) is 1. The van der Waals surface area contributed by atoms with Gasteiger partial charge in [-0.25, -0.2) is 0 Å². The first-order valence-electron chi connectivity index (χ1n) is 7.01. The van der Waals surface area contributed by atoms with Crippen molar-refractivity contribution in [1.82, 2.24) is 10.2 Å². The maximum absolute atomic E-state index is 6.12. The van der Waals surface area contributed by atoms with Crippen molar-refractivity contribution in [3.05, 3.63) is 28.8 Å². The first kappa shape index (κ1) is 20.8. The molecular weight excluding hydrogens is 331 g/mol. The lowest BCUT2D eigenvalue weighted by atomic mass is 10.2. The summed E-state index contributed by atoms with van der Waals surface area (Å²) in [5.74, 6) is 0.735. The van der Waals surface area contributed by atoms with E-state index in [1.165, 1.54) is 24.9 Å². The van der Waals surface area contributed by atoms with Crippen molar-refractivity contribution in [3.8, 4) is 5.75 Å². The number of halogens is 3. The minimum absolute atomic E-state index is 0. The van der Waals surface area contributed by atoms with Crippen molar-refractivity contribution in [2.45, 2.75) is 32.4 Å². The van der Waals surface area contributed by atoms with Gasteiger partial charge in [-0.2, -0.15) is 0 Å². The van der Waals surface area contributed by atoms with Crippen LogP contribution in [0.25, 0.3) is 0 Å². The van der Waals surface area contributed by atoms with Crippen LogP contribution in [0.5, 0.6) is 5.75 Å². The second-order valence-electron chi connectivity index (χ2n) is 5.02. The summed E-state index contributed by atoms with van der Waals surface area (Å²) in [6.07, 6.45) is 2.64. The minimum Gasteiger partial charge on any atom is -0.495 e. The maximum atomic E-state index is 6.12. The predicted octanol–water partition coefficient (Wildman–Crippen LogP) is 3.77. The molecule has 1 heterocycles. The number of hydrogen-bond acceptors (Lipinski definition) is 3. The quantitative estimate of drug-likeness (QED) is 0.840. The zero-order valence-corrected chi connectivity index (χ0v) is 15.0. The molecule has 1 saturated heterocycles. The maximum Gasteiger partial charge on any atom is 0.137 e. The van der Waals surface area contributed by atoms with Gasteiger partial charge in [0.05, 0.1) is 12.1 Å². The zero-order chi connectivity index (χ0) is 13.7. The van der Waals surface area contributed by atoms with E-state index in [-0.39, 0.29) is 24.8 Å². The molecule has 1 aromatic rings. The van der Waals surface area contributed by atoms with Crippen LogP contribution in [-0.4, -0.2) is 37.7 Å². The fraction of sp³-hybridized carbons (Fsp3) is 0.600. The van der Waals surface area contributed by atoms with E-state index in [9.17, 15) is 0 Å². The van der Waals surface area contributed by atoms with Gasteiger partial charge in [0.2, 0.25) is 0 Å². The third kappa shape index (κ3) is 5.84. The summed E-state index contributed by atoms with van der Waals surface area (Å²) in [6, 6.07) is 6.65. The van der Waals surface area contributed by atoms with Gasteiger partial charge in [-0.15, -0.1) is 24.8 Å². The largest absolute Gasteiger partial charge is 0.495 e. The Labute approximate surface area is 145 Å². The topological polar surface area (TPSA) is 24.5 Å². The van der Waals surface area contributed by atoms with Crippen molar-refractivity contribution >= 4 is 36.4 Å². The molecule has 1 aliphatic heterocycles. The van der Waals surface area contributed by atoms with E-state index in [0.717, 1.165) is 25.4 Å². The van der Waals surface area contributed by atoms with Crippen molar-refractivity contribution in [1.29, 1.82) is 0 Å². The summed E-state index contributed by atoms with van der Waals surface area (Å²) in [6.45, 7) is 6.55. The first-order chi connectivity index (χ1) is 9.24. The van der Waals surface area contributed by atoms with Gasteiger partial charge in [0, 0.05) is 19.1 Å². The van der Waals surface area contributed by atoms with E-state index in [0.29, 0.717) is 11.1 Å². The molecule has 0 aliphatic carbocycles. The van der Waals surface area contributed by atoms with E-state index in [2.05, 4.69) is 23.2 Å². The molecule has 6 heteroatoms. The molecule has 3 nitrogen and oxygen atoms in total. The van der Waals surface area contributed by atoms with Crippen LogP contribution in [0.1, 0.15) is 25.3 Å². The molecule has 0 saturated carbocycles. The number of methoxy groups -OCH3 is 1. The van der Waals surface area contributed by atoms with E-state index in [1.54, 1.807) is 7.11 Å². The van der Waals surface area contributed by atoms with Crippen LogP contribution in [0.4, 0.5) is 0 Å². The average Bonchev–Trinajstić information content (AvgIpc) is 2.86. The number of benzene rings is 1. The average molecular weight is 356 g/mol. The van der Waals surface area contributed by atoms with Gasteiger partial charge < -0.3 is 10.1 Å². The highest BCUT2D eigenvalue weighted by molar-refractivity contribution is 6.32. The Bertz CT molecular complexity index is 418. The standard InChI is InChI=1S/C15H23ClN2O.2ClH/c1-3-18-8-4-5-13(18)11-17-10-12-6-7-15(19-2)14(16)9-12;;/h6-7,9,13,17H,3-5,8,10-11H2,1-2H3;2*1H. The number of ether oxygens (including phenoxy) is 1. The van der Waals surface area contributed by atoms with Crippen LogP contribution in [0.2, 0.25) is 5.02 Å². The molecule has 1 atom stereocenters. The summed E-state index contributed by atoms with van der Waals surface area (Å²) in [5, 5.41) is 4.21. The lowest BCUT2D eigenvalue weighted by Gasteiger charge is -2.23. The van der Waals surface area contributed by atoms with Crippen LogP contribution in [0.3, 0.4) is 0 Å². The van der Waals surface area contributed by atoms with E-state index >= 15 is 0 Å². The highest BCUT2D eigenvalue weighted by Gasteiger charge is 2.21. The normalized spacial score (nSPS) is 18.0. The van der Waals surface area contributed by atoms with Crippen LogP contribution < -0.4 is 10.1 Å². The lowest BCUT2D eigenvalue weighted by Crippen LogP contribution is -2.37. The fourth-order valence-electron chi connectivity index (χ4n) is 2.75. The molecule has 1 unspecified atom stereocenters. The molecule has 122 valence electrons. The molecule has 0 bridgehead atoms. The molecule has 1 N–H and O–H groups in total. The molecular formula is C15H25Cl3N2O. The van der Waals surface area contributed by atoms with Crippen molar-refractivity contribution in [2.75, 3.05) is 26.7 Å². The van der Waals surface area contributed by atoms with Crippen LogP contribution >= 0.6 is 36.4 Å². The number of likely N-dealkylation sites (tertiary alicyclic amines) is 1. The summed E-state index contributed by atoms with van der Waals surface area (Å²) < 4.78 is 5.16. The Morgan fingerprint density at radius 1 is 1.38 bits per heavy atom. The third-order valence-electron chi connectivity index (χ3n) is 3.83. The molecule has 1 fully saturated rings. The Balaban J connectivity index is 0.00000200. The molecule has 1 aromatic carbocycles. The highest BCUT2D eigenvalue weighted by atomic mass is 35.5. The first-order valence-corrected chi connectivity index (χ1v) is 7.39. The van der Waals surface area contributed by atoms with Gasteiger partial charge in [0.25, 0.3) is 0 Å². The van der Waals surface area contributed by atoms with Crippen molar-refractivity contribution in [2.24, 2.45) is 0 Å². The van der Waals surface area contributed by atoms with Gasteiger partial charge in [0.1, 0.15) is 5.75 Å². The molecule has 0 amide bonds. The van der Waals surface area contributed by atoms with E-state index in [1.807, 2.05) is 12.1 Å². The Hall–Kier alpha value is -0.190. The molecule has 0 spiro atoms. The van der Waals surface area contributed by atoms with Crippen LogP contribution in [0.15, 0.2) is 18.2 Å². The molecule has 1 aliphatic rings. The fourth-order valence-corrected chi connectivity index (χ4v) is 3.03. The number of likely N-dealkylation sites (N-methyl/N-ethyl adjacent to an activating group) is 1. The molecule has 0 radical (unpaired) electrons. The highest BCUT2D eigenvalue weighted by Crippen LogP contribution is 2.24. The second-order valence-corrected chi connectivity index (χ2v) is 5.43. The minimum atomic E-state index is 0. The number of nitrogens with zero attached hydrogens (tertiary/aromatic N) is 1. The van der Waals surface area contributed by atoms with Gasteiger partial charge >= 0.3 is 0 Å². The lowest BCUT2D eigenvalue weighted by molar-refractivity contribution is 0.260. The zero-order valence-electron chi connectivity index (χ0n) is 12.6. The van der Waals surface area contributed by atoms with Crippen molar-refractivity contribution in [3.63, 3.8) is 0 Å². The van der Waals surface area contributed by atoms with Gasteiger partial charge in [0.15, 0.2) is 0 Å². The van der Waals surface area contributed by atoms with Gasteiger partial charge in [-0.3, -0.25) is 4.90 Å². The van der Waals surface area contributed by atoms with Gasteiger partial charge in [-0.05, 0) is 43.6 Å². The summed E-state index contributed by atoms with van der Waals surface area (Å²) in [5.41, 5.74) is 1.20. The van der Waals surface area contributed by atoms with Crippen LogP contribution in [-0.2, 0) is 6.54 Å². The molecule has 21 heavy (non-hydrogen) atoms. The Morgan fingerprint density at radius 2 is 2.14 bits per heavy atom. The third-order valence-corrected chi connectivity index (χ3v) is 4.13. The van der Waals surface area contributed by atoms with Crippen LogP contribution in [0, 0.1) is 0 Å². The second kappa shape index (κ2) is 10.5. The number of nitrogens with one attached hydrogen (secondary N) is 1. The number of rotatable bonds is 6. The van der Waals surface area contributed by atoms with Gasteiger partial charge in [-0.1, -0.05) is 24.6 Å². The molecule has 2 rings (SSSR count). The summed E-state index contributed by atoms with van der Waals surface area (Å²) in [4.78, 5) is 2.55. The monoisotopic (exact) mass is 354 g/mol. The van der Waals surface area contributed by atoms with E-state index in [4.69, 9.17) is 16.3 Å². The smallest absolute Gasteiger partial charge is 0.137 e. The SMILES string of the molecule is CCN1CCCC1CNCc1ccc(OC)c(Cl)c1.Cl.Cl. The Kier molecular flexibility index (Phi) is 10.4. The van der Waals surface area contributed by atoms with Crippen molar-refractivity contribution < 1.29 is 4.74 Å². The Morgan fingerprint density at radius 3 is 2.76 bits per heavy atom. The molecule has 0 aromatic heterocycles. The van der Waals surface area contributed by atoms with E-state index < -0.39 is 0 Å².